The number of nitrogens with zero attached hydrogens (tertiary/aromatic N) is 1. The van der Waals surface area contributed by atoms with Crippen molar-refractivity contribution in [2.75, 3.05) is 26.2 Å². The van der Waals surface area contributed by atoms with E-state index in [-0.39, 0.29) is 5.91 Å². The van der Waals surface area contributed by atoms with Crippen LogP contribution in [0.3, 0.4) is 0 Å². The first kappa shape index (κ1) is 12.7. The van der Waals surface area contributed by atoms with Crippen molar-refractivity contribution in [3.63, 3.8) is 0 Å². The highest BCUT2D eigenvalue weighted by Gasteiger charge is 2.25. The molecule has 0 aromatic heterocycles. The van der Waals surface area contributed by atoms with Gasteiger partial charge in [-0.3, -0.25) is 4.79 Å². The molecule has 19 heavy (non-hydrogen) atoms. The molecule has 1 saturated heterocycles. The number of rotatable bonds is 2. The monoisotopic (exact) mass is 258 g/mol. The first-order valence-electron chi connectivity index (χ1n) is 7.42. The Bertz CT molecular complexity index is 452. The number of amides is 1. The van der Waals surface area contributed by atoms with Gasteiger partial charge in [-0.05, 0) is 56.3 Å². The summed E-state index contributed by atoms with van der Waals surface area (Å²) in [5, 5.41) is 3.39. The molecule has 102 valence electrons. The molecular formula is C16H22N2O. The van der Waals surface area contributed by atoms with Crippen LogP contribution in [0.5, 0.6) is 0 Å². The summed E-state index contributed by atoms with van der Waals surface area (Å²) in [5.41, 5.74) is 2.15. The molecule has 0 atom stereocenters. The number of piperidine rings is 1. The number of aryl methyl sites for hydroxylation is 1. The van der Waals surface area contributed by atoms with E-state index >= 15 is 0 Å². The zero-order valence-electron chi connectivity index (χ0n) is 11.4. The summed E-state index contributed by atoms with van der Waals surface area (Å²) in [6, 6.07) is 8.10. The van der Waals surface area contributed by atoms with Gasteiger partial charge in [-0.1, -0.05) is 18.2 Å². The van der Waals surface area contributed by atoms with Crippen LogP contribution in [0.4, 0.5) is 0 Å². The molecule has 2 aliphatic rings. The predicted octanol–water partition coefficient (Wildman–Crippen LogP) is 2.07. The van der Waals surface area contributed by atoms with Crippen molar-refractivity contribution in [2.24, 2.45) is 5.92 Å². The third kappa shape index (κ3) is 2.81. The molecule has 1 aromatic carbocycles. The molecule has 0 unspecified atom stereocenters. The molecule has 0 aliphatic carbocycles. The lowest BCUT2D eigenvalue weighted by molar-refractivity contribution is 0.0722. The second-order valence-electron chi connectivity index (χ2n) is 5.71. The van der Waals surface area contributed by atoms with Gasteiger partial charge in [-0.2, -0.15) is 0 Å². The van der Waals surface area contributed by atoms with Crippen LogP contribution in [0.25, 0.3) is 0 Å². The number of carbonyl (C=O) groups is 1. The molecule has 1 amide bonds. The summed E-state index contributed by atoms with van der Waals surface area (Å²) in [4.78, 5) is 14.7. The minimum Gasteiger partial charge on any atom is -0.338 e. The number of nitrogens with one attached hydrogen (secondary N) is 1. The van der Waals surface area contributed by atoms with Crippen molar-refractivity contribution < 1.29 is 4.79 Å². The minimum absolute atomic E-state index is 0.242. The van der Waals surface area contributed by atoms with Crippen LogP contribution in [0, 0.1) is 5.92 Å². The second kappa shape index (κ2) is 5.74. The maximum Gasteiger partial charge on any atom is 0.254 e. The smallest absolute Gasteiger partial charge is 0.254 e. The van der Waals surface area contributed by atoms with Gasteiger partial charge >= 0.3 is 0 Å². The molecular weight excluding hydrogens is 236 g/mol. The Labute approximate surface area is 115 Å². The molecule has 3 heteroatoms. The molecule has 2 heterocycles. The first-order valence-corrected chi connectivity index (χ1v) is 7.42. The van der Waals surface area contributed by atoms with Crippen LogP contribution in [0.15, 0.2) is 24.3 Å². The predicted molar refractivity (Wildman–Crippen MR) is 76.3 cm³/mol. The van der Waals surface area contributed by atoms with Gasteiger partial charge in [0.2, 0.25) is 0 Å². The van der Waals surface area contributed by atoms with Crippen molar-refractivity contribution in [1.82, 2.24) is 10.2 Å². The van der Waals surface area contributed by atoms with E-state index < -0.39 is 0 Å². The zero-order chi connectivity index (χ0) is 13.1. The molecule has 3 rings (SSSR count). The van der Waals surface area contributed by atoms with E-state index in [1.165, 1.54) is 18.4 Å². The standard InChI is InChI=1S/C16H22N2O/c19-16-15-6-2-1-4-14(15)5-3-11-18(16)12-13-7-9-17-10-8-13/h1-2,4,6,13,17H,3,5,7-12H2. The van der Waals surface area contributed by atoms with Gasteiger partial charge in [0.05, 0.1) is 0 Å². The largest absolute Gasteiger partial charge is 0.338 e. The normalized spacial score (nSPS) is 21.1. The Morgan fingerprint density at radius 2 is 2.00 bits per heavy atom. The molecule has 1 N–H and O–H groups in total. The Balaban J connectivity index is 1.74. The average Bonchev–Trinajstić information content (AvgIpc) is 2.61. The Hall–Kier alpha value is -1.35. The fourth-order valence-electron chi connectivity index (χ4n) is 3.23. The Kier molecular flexibility index (Phi) is 3.83. The van der Waals surface area contributed by atoms with E-state index in [2.05, 4.69) is 16.3 Å². The lowest BCUT2D eigenvalue weighted by Crippen LogP contribution is -2.39. The van der Waals surface area contributed by atoms with Crippen molar-refractivity contribution >= 4 is 5.91 Å². The molecule has 1 fully saturated rings. The van der Waals surface area contributed by atoms with Crippen molar-refractivity contribution in [2.45, 2.75) is 25.7 Å². The highest BCUT2D eigenvalue weighted by atomic mass is 16.2. The first-order chi connectivity index (χ1) is 9.34. The van der Waals surface area contributed by atoms with Gasteiger partial charge in [0.1, 0.15) is 0 Å². The van der Waals surface area contributed by atoms with Gasteiger partial charge in [-0.25, -0.2) is 0 Å². The maximum absolute atomic E-state index is 12.6. The SMILES string of the molecule is O=C1c2ccccc2CCCN1CC1CCNCC1. The highest BCUT2D eigenvalue weighted by Crippen LogP contribution is 2.21. The van der Waals surface area contributed by atoms with E-state index in [0.29, 0.717) is 5.92 Å². The van der Waals surface area contributed by atoms with Gasteiger partial charge < -0.3 is 10.2 Å². The molecule has 1 aromatic rings. The number of hydrogen-bond acceptors (Lipinski definition) is 2. The Morgan fingerprint density at radius 3 is 2.84 bits per heavy atom. The van der Waals surface area contributed by atoms with Gasteiger partial charge in [0.15, 0.2) is 0 Å². The quantitative estimate of drug-likeness (QED) is 0.881. The summed E-state index contributed by atoms with van der Waals surface area (Å²) in [6.45, 7) is 4.05. The second-order valence-corrected chi connectivity index (χ2v) is 5.71. The van der Waals surface area contributed by atoms with Crippen molar-refractivity contribution in [1.29, 1.82) is 0 Å². The highest BCUT2D eigenvalue weighted by molar-refractivity contribution is 5.96. The molecule has 0 saturated carbocycles. The molecule has 2 aliphatic heterocycles. The molecule has 0 spiro atoms. The third-order valence-electron chi connectivity index (χ3n) is 4.35. The lowest BCUT2D eigenvalue weighted by atomic mass is 9.97. The fraction of sp³-hybridized carbons (Fsp3) is 0.562. The summed E-state index contributed by atoms with van der Waals surface area (Å²) < 4.78 is 0. The van der Waals surface area contributed by atoms with Crippen LogP contribution in [-0.2, 0) is 6.42 Å². The maximum atomic E-state index is 12.6. The van der Waals surface area contributed by atoms with Gasteiger partial charge in [0.25, 0.3) is 5.91 Å². The van der Waals surface area contributed by atoms with E-state index in [1.54, 1.807) is 0 Å². The van der Waals surface area contributed by atoms with Crippen LogP contribution in [-0.4, -0.2) is 37.0 Å². The number of carbonyl (C=O) groups excluding carboxylic acids is 1. The summed E-state index contributed by atoms with van der Waals surface area (Å²) in [7, 11) is 0. The van der Waals surface area contributed by atoms with Gasteiger partial charge in [-0.15, -0.1) is 0 Å². The molecule has 3 nitrogen and oxygen atoms in total. The topological polar surface area (TPSA) is 32.3 Å². The van der Waals surface area contributed by atoms with E-state index in [0.717, 1.165) is 44.6 Å². The summed E-state index contributed by atoms with van der Waals surface area (Å²) in [5.74, 6) is 0.919. The summed E-state index contributed by atoms with van der Waals surface area (Å²) >= 11 is 0. The minimum atomic E-state index is 0.242. The fourth-order valence-corrected chi connectivity index (χ4v) is 3.23. The molecule has 0 radical (unpaired) electrons. The van der Waals surface area contributed by atoms with Crippen molar-refractivity contribution in [3.8, 4) is 0 Å². The Morgan fingerprint density at radius 1 is 1.21 bits per heavy atom. The van der Waals surface area contributed by atoms with Gasteiger partial charge in [0, 0.05) is 18.7 Å². The summed E-state index contributed by atoms with van der Waals surface area (Å²) in [6.07, 6.45) is 4.52. The number of fused-ring (bicyclic) bond motifs is 1. The van der Waals surface area contributed by atoms with E-state index in [9.17, 15) is 4.79 Å². The van der Waals surface area contributed by atoms with Crippen LogP contribution >= 0.6 is 0 Å². The molecule has 0 bridgehead atoms. The average molecular weight is 258 g/mol. The number of benzene rings is 1. The third-order valence-corrected chi connectivity index (χ3v) is 4.35. The van der Waals surface area contributed by atoms with E-state index in [1.807, 2.05) is 18.2 Å². The number of hydrogen-bond donors (Lipinski definition) is 1. The zero-order valence-corrected chi connectivity index (χ0v) is 11.4. The van der Waals surface area contributed by atoms with Crippen LogP contribution in [0.2, 0.25) is 0 Å². The van der Waals surface area contributed by atoms with Crippen molar-refractivity contribution in [3.05, 3.63) is 35.4 Å². The lowest BCUT2D eigenvalue weighted by Gasteiger charge is -2.29. The van der Waals surface area contributed by atoms with Crippen LogP contribution < -0.4 is 5.32 Å². The van der Waals surface area contributed by atoms with Crippen LogP contribution in [0.1, 0.15) is 35.2 Å². The van der Waals surface area contributed by atoms with E-state index in [4.69, 9.17) is 0 Å².